The molecule has 2 aromatic rings. The number of pyridine rings is 1. The summed E-state index contributed by atoms with van der Waals surface area (Å²) >= 11 is 0. The van der Waals surface area contributed by atoms with Crippen LogP contribution in [0.5, 0.6) is 0 Å². The van der Waals surface area contributed by atoms with Gasteiger partial charge in [-0.1, -0.05) is 30.3 Å². The molecule has 2 rings (SSSR count). The topological polar surface area (TPSA) is 86.1 Å². The fourth-order valence-corrected chi connectivity index (χ4v) is 2.24. The van der Waals surface area contributed by atoms with Crippen molar-refractivity contribution >= 4 is 11.8 Å². The molecule has 24 heavy (non-hydrogen) atoms. The largest absolute Gasteiger partial charge is 0.340 e. The summed E-state index contributed by atoms with van der Waals surface area (Å²) in [5, 5.41) is 11.5. The van der Waals surface area contributed by atoms with Gasteiger partial charge in [-0.25, -0.2) is 0 Å². The van der Waals surface area contributed by atoms with E-state index in [1.54, 1.807) is 25.4 Å². The molecule has 1 aromatic heterocycles. The molecule has 1 heterocycles. The Morgan fingerprint density at radius 3 is 2.62 bits per heavy atom. The smallest absolute Gasteiger partial charge is 0.253 e. The maximum Gasteiger partial charge on any atom is 0.253 e. The normalized spacial score (nSPS) is 11.2. The quantitative estimate of drug-likeness (QED) is 0.815. The molecule has 122 valence electrons. The average molecular weight is 322 g/mol. The highest BCUT2D eigenvalue weighted by Gasteiger charge is 2.24. The van der Waals surface area contributed by atoms with Crippen molar-refractivity contribution in [2.75, 3.05) is 13.6 Å². The first kappa shape index (κ1) is 17.2. The first-order valence-corrected chi connectivity index (χ1v) is 7.48. The van der Waals surface area contributed by atoms with Crippen LogP contribution in [0.3, 0.4) is 0 Å². The number of nitrogens with zero attached hydrogens (tertiary/aromatic N) is 3. The number of nitriles is 1. The molecule has 0 saturated carbocycles. The summed E-state index contributed by atoms with van der Waals surface area (Å²) in [5.41, 5.74) is 1.30. The average Bonchev–Trinajstić information content (AvgIpc) is 2.62. The van der Waals surface area contributed by atoms with Crippen LogP contribution in [0.1, 0.15) is 15.9 Å². The molecule has 1 aromatic carbocycles. The van der Waals surface area contributed by atoms with Crippen molar-refractivity contribution in [3.63, 3.8) is 0 Å². The predicted molar refractivity (Wildman–Crippen MR) is 88.9 cm³/mol. The second-order valence-electron chi connectivity index (χ2n) is 5.31. The molecule has 0 aliphatic carbocycles. The van der Waals surface area contributed by atoms with E-state index in [9.17, 15) is 9.59 Å². The van der Waals surface area contributed by atoms with Crippen molar-refractivity contribution in [1.29, 1.82) is 5.26 Å². The zero-order valence-electron chi connectivity index (χ0n) is 13.3. The van der Waals surface area contributed by atoms with E-state index in [0.717, 1.165) is 5.56 Å². The van der Waals surface area contributed by atoms with Gasteiger partial charge in [-0.2, -0.15) is 5.26 Å². The van der Waals surface area contributed by atoms with Crippen LogP contribution in [0.4, 0.5) is 0 Å². The third kappa shape index (κ3) is 4.65. The molecule has 6 nitrogen and oxygen atoms in total. The van der Waals surface area contributed by atoms with Crippen LogP contribution in [0.15, 0.2) is 54.9 Å². The third-order valence-electron chi connectivity index (χ3n) is 3.49. The summed E-state index contributed by atoms with van der Waals surface area (Å²) in [7, 11) is 1.54. The van der Waals surface area contributed by atoms with Gasteiger partial charge in [0.05, 0.1) is 11.6 Å². The molecule has 1 unspecified atom stereocenters. The van der Waals surface area contributed by atoms with Gasteiger partial charge in [-0.15, -0.1) is 0 Å². The Bertz CT molecular complexity index is 726. The second-order valence-corrected chi connectivity index (χ2v) is 5.31. The van der Waals surface area contributed by atoms with Gasteiger partial charge in [0.1, 0.15) is 12.6 Å². The number of hydrogen-bond acceptors (Lipinski definition) is 4. The minimum Gasteiger partial charge on any atom is -0.340 e. The van der Waals surface area contributed by atoms with Crippen LogP contribution in [0.25, 0.3) is 0 Å². The van der Waals surface area contributed by atoms with Crippen LogP contribution < -0.4 is 5.32 Å². The lowest BCUT2D eigenvalue weighted by Gasteiger charge is -2.23. The highest BCUT2D eigenvalue weighted by molar-refractivity contribution is 5.97. The molecule has 0 spiro atoms. The van der Waals surface area contributed by atoms with Crippen molar-refractivity contribution < 1.29 is 9.59 Å². The van der Waals surface area contributed by atoms with Crippen LogP contribution >= 0.6 is 0 Å². The maximum atomic E-state index is 12.5. The summed E-state index contributed by atoms with van der Waals surface area (Å²) in [5.74, 6) is -0.680. The van der Waals surface area contributed by atoms with E-state index in [1.165, 1.54) is 11.1 Å². The Kier molecular flexibility index (Phi) is 6.03. The number of benzene rings is 1. The molecular weight excluding hydrogens is 304 g/mol. The fraction of sp³-hybridized carbons (Fsp3) is 0.222. The molecule has 1 N–H and O–H groups in total. The number of rotatable bonds is 6. The van der Waals surface area contributed by atoms with Gasteiger partial charge in [0.15, 0.2) is 0 Å². The minimum absolute atomic E-state index is 0.0348. The number of nitrogens with one attached hydrogen (secondary N) is 1. The van der Waals surface area contributed by atoms with Crippen LogP contribution in [-0.4, -0.2) is 41.3 Å². The Hall–Kier alpha value is -3.20. The highest BCUT2D eigenvalue weighted by Crippen LogP contribution is 2.07. The van der Waals surface area contributed by atoms with E-state index < -0.39 is 6.04 Å². The molecule has 0 fully saturated rings. The number of carbonyl (C=O) groups is 2. The van der Waals surface area contributed by atoms with E-state index in [4.69, 9.17) is 5.26 Å². The lowest BCUT2D eigenvalue weighted by atomic mass is 10.0. The molecule has 0 radical (unpaired) electrons. The second kappa shape index (κ2) is 8.44. The summed E-state index contributed by atoms with van der Waals surface area (Å²) in [6.07, 6.45) is 3.36. The molecule has 0 aliphatic rings. The van der Waals surface area contributed by atoms with Gasteiger partial charge < -0.3 is 10.2 Å². The standard InChI is InChI=1S/C18H18N4O2/c1-22(11-9-19)18(24)16(12-14-6-3-2-4-7-14)21-17(23)15-8-5-10-20-13-15/h2-8,10,13,16H,11-12H2,1H3,(H,21,23). The van der Waals surface area contributed by atoms with Crippen LogP contribution in [-0.2, 0) is 11.2 Å². The van der Waals surface area contributed by atoms with Crippen molar-refractivity contribution in [3.8, 4) is 6.07 Å². The molecule has 0 bridgehead atoms. The van der Waals surface area contributed by atoms with Crippen molar-refractivity contribution in [2.24, 2.45) is 0 Å². The van der Waals surface area contributed by atoms with Gasteiger partial charge in [0.25, 0.3) is 5.91 Å². The van der Waals surface area contributed by atoms with Gasteiger partial charge >= 0.3 is 0 Å². The fourth-order valence-electron chi connectivity index (χ4n) is 2.24. The molecule has 0 saturated heterocycles. The van der Waals surface area contributed by atoms with Crippen LogP contribution in [0, 0.1) is 11.3 Å². The lowest BCUT2D eigenvalue weighted by Crippen LogP contribution is -2.48. The number of likely N-dealkylation sites (N-methyl/N-ethyl adjacent to an activating group) is 1. The van der Waals surface area contributed by atoms with E-state index in [1.807, 2.05) is 36.4 Å². The first-order valence-electron chi connectivity index (χ1n) is 7.48. The molecule has 6 heteroatoms. The van der Waals surface area contributed by atoms with Gasteiger partial charge in [0, 0.05) is 25.9 Å². The van der Waals surface area contributed by atoms with Gasteiger partial charge in [-0.3, -0.25) is 14.6 Å². The third-order valence-corrected chi connectivity index (χ3v) is 3.49. The number of hydrogen-bond donors (Lipinski definition) is 1. The summed E-state index contributed by atoms with van der Waals surface area (Å²) in [6, 6.07) is 13.9. The zero-order valence-corrected chi connectivity index (χ0v) is 13.3. The molecule has 1 atom stereocenters. The minimum atomic E-state index is -0.751. The highest BCUT2D eigenvalue weighted by atomic mass is 16.2. The van der Waals surface area contributed by atoms with Crippen molar-refractivity contribution in [2.45, 2.75) is 12.5 Å². The molecule has 0 aliphatic heterocycles. The summed E-state index contributed by atoms with van der Waals surface area (Å²) < 4.78 is 0. The van der Waals surface area contributed by atoms with E-state index in [2.05, 4.69) is 10.3 Å². The Morgan fingerprint density at radius 2 is 2.00 bits per heavy atom. The number of amides is 2. The number of aromatic nitrogens is 1. The van der Waals surface area contributed by atoms with Gasteiger partial charge in [-0.05, 0) is 17.7 Å². The maximum absolute atomic E-state index is 12.5. The van der Waals surface area contributed by atoms with E-state index in [-0.39, 0.29) is 18.4 Å². The monoisotopic (exact) mass is 322 g/mol. The van der Waals surface area contributed by atoms with Gasteiger partial charge in [0.2, 0.25) is 5.91 Å². The summed E-state index contributed by atoms with van der Waals surface area (Å²) in [4.78, 5) is 30.1. The van der Waals surface area contributed by atoms with E-state index >= 15 is 0 Å². The van der Waals surface area contributed by atoms with E-state index in [0.29, 0.717) is 12.0 Å². The Labute approximate surface area is 140 Å². The van der Waals surface area contributed by atoms with Crippen molar-refractivity contribution in [3.05, 3.63) is 66.0 Å². The lowest BCUT2D eigenvalue weighted by molar-refractivity contribution is -0.131. The molecule has 2 amide bonds. The molecular formula is C18H18N4O2. The Balaban J connectivity index is 2.17. The first-order chi connectivity index (χ1) is 11.6. The zero-order chi connectivity index (χ0) is 17.4. The van der Waals surface area contributed by atoms with Crippen molar-refractivity contribution in [1.82, 2.24) is 15.2 Å². The predicted octanol–water partition coefficient (Wildman–Crippen LogP) is 1.40. The number of carbonyl (C=O) groups excluding carboxylic acids is 2. The van der Waals surface area contributed by atoms with Crippen LogP contribution in [0.2, 0.25) is 0 Å². The SMILES string of the molecule is CN(CC#N)C(=O)C(Cc1ccccc1)NC(=O)c1cccnc1. The summed E-state index contributed by atoms with van der Waals surface area (Å²) in [6.45, 7) is -0.0348. The Morgan fingerprint density at radius 1 is 1.25 bits per heavy atom.